The fraction of sp³-hybridized carbons (Fsp3) is 0.526. The van der Waals surface area contributed by atoms with E-state index in [2.05, 4.69) is 19.7 Å². The normalized spacial score (nSPS) is 17.5. The number of likely N-dealkylation sites (tertiary alicyclic amines) is 1. The van der Waals surface area contributed by atoms with Gasteiger partial charge in [-0.2, -0.15) is 0 Å². The highest BCUT2D eigenvalue weighted by Crippen LogP contribution is 2.26. The van der Waals surface area contributed by atoms with E-state index in [1.807, 2.05) is 56.4 Å². The molecule has 1 atom stereocenters. The standard InChI is InChI=1S/C19H27N5O2/c1-22(2)13-17-20-21-19(23(17)3)15-8-7-11-24(12-15)18(25)14-26-16-9-5-4-6-10-16/h4-6,9-10,15H,7-8,11-14H2,1-3H3/t15-/m1/s1. The number of hydrogen-bond acceptors (Lipinski definition) is 5. The van der Waals surface area contributed by atoms with Gasteiger partial charge in [-0.25, -0.2) is 0 Å². The number of hydrogen-bond donors (Lipinski definition) is 0. The van der Waals surface area contributed by atoms with E-state index in [0.717, 1.165) is 43.3 Å². The van der Waals surface area contributed by atoms with Crippen LogP contribution >= 0.6 is 0 Å². The number of piperidine rings is 1. The molecule has 0 aliphatic carbocycles. The van der Waals surface area contributed by atoms with Crippen LogP contribution in [0.1, 0.15) is 30.4 Å². The fourth-order valence-corrected chi connectivity index (χ4v) is 3.32. The molecule has 0 unspecified atom stereocenters. The van der Waals surface area contributed by atoms with Gasteiger partial charge in [0.1, 0.15) is 17.4 Å². The van der Waals surface area contributed by atoms with E-state index >= 15 is 0 Å². The second-order valence-electron chi connectivity index (χ2n) is 7.05. The third-order valence-electron chi connectivity index (χ3n) is 4.70. The average molecular weight is 357 g/mol. The average Bonchev–Trinajstić information content (AvgIpc) is 3.00. The predicted octanol–water partition coefficient (Wildman–Crippen LogP) is 1.66. The van der Waals surface area contributed by atoms with Crippen molar-refractivity contribution in [3.05, 3.63) is 42.0 Å². The van der Waals surface area contributed by atoms with Crippen LogP contribution in [0.5, 0.6) is 5.75 Å². The second-order valence-corrected chi connectivity index (χ2v) is 7.05. The van der Waals surface area contributed by atoms with Crippen molar-refractivity contribution in [1.29, 1.82) is 0 Å². The number of para-hydroxylation sites is 1. The van der Waals surface area contributed by atoms with Crippen molar-refractivity contribution in [2.24, 2.45) is 7.05 Å². The third-order valence-corrected chi connectivity index (χ3v) is 4.70. The van der Waals surface area contributed by atoms with Gasteiger partial charge in [0.05, 0.1) is 6.54 Å². The summed E-state index contributed by atoms with van der Waals surface area (Å²) in [4.78, 5) is 16.5. The summed E-state index contributed by atoms with van der Waals surface area (Å²) in [5.41, 5.74) is 0. The lowest BCUT2D eigenvalue weighted by Crippen LogP contribution is -2.42. The topological polar surface area (TPSA) is 63.5 Å². The lowest BCUT2D eigenvalue weighted by atomic mass is 9.97. The number of ether oxygens (including phenoxy) is 1. The van der Waals surface area contributed by atoms with Crippen molar-refractivity contribution in [2.45, 2.75) is 25.3 Å². The SMILES string of the molecule is CN(C)Cc1nnc([C@@H]2CCCN(C(=O)COc3ccccc3)C2)n1C. The Morgan fingerprint density at radius 3 is 2.77 bits per heavy atom. The lowest BCUT2D eigenvalue weighted by molar-refractivity contribution is -0.134. The highest BCUT2D eigenvalue weighted by molar-refractivity contribution is 5.78. The molecule has 3 rings (SSSR count). The molecule has 1 fully saturated rings. The zero-order chi connectivity index (χ0) is 18.5. The smallest absolute Gasteiger partial charge is 0.260 e. The molecule has 1 aromatic heterocycles. The van der Waals surface area contributed by atoms with Crippen molar-refractivity contribution in [3.63, 3.8) is 0 Å². The minimum atomic E-state index is 0.0224. The number of carbonyl (C=O) groups excluding carboxylic acids is 1. The first kappa shape index (κ1) is 18.4. The summed E-state index contributed by atoms with van der Waals surface area (Å²) in [6, 6.07) is 9.44. The van der Waals surface area contributed by atoms with Gasteiger partial charge in [0, 0.05) is 26.1 Å². The molecule has 0 bridgehead atoms. The van der Waals surface area contributed by atoms with Gasteiger partial charge in [-0.05, 0) is 39.1 Å². The number of amides is 1. The van der Waals surface area contributed by atoms with Crippen LogP contribution in [-0.2, 0) is 18.4 Å². The minimum absolute atomic E-state index is 0.0224. The highest BCUT2D eigenvalue weighted by atomic mass is 16.5. The van der Waals surface area contributed by atoms with Crippen LogP contribution in [0.3, 0.4) is 0 Å². The van der Waals surface area contributed by atoms with Gasteiger partial charge in [-0.1, -0.05) is 18.2 Å². The summed E-state index contributed by atoms with van der Waals surface area (Å²) < 4.78 is 7.67. The molecule has 0 saturated carbocycles. The Morgan fingerprint density at radius 2 is 2.04 bits per heavy atom. The van der Waals surface area contributed by atoms with Crippen LogP contribution in [-0.4, -0.2) is 64.3 Å². The molecule has 0 N–H and O–H groups in total. The number of nitrogens with zero attached hydrogens (tertiary/aromatic N) is 5. The summed E-state index contributed by atoms with van der Waals surface area (Å²) in [5.74, 6) is 2.87. The molecule has 140 valence electrons. The van der Waals surface area contributed by atoms with Gasteiger partial charge in [-0.15, -0.1) is 10.2 Å². The molecule has 1 aromatic carbocycles. The van der Waals surface area contributed by atoms with Crippen LogP contribution in [0, 0.1) is 0 Å². The summed E-state index contributed by atoms with van der Waals surface area (Å²) in [5, 5.41) is 8.72. The monoisotopic (exact) mass is 357 g/mol. The zero-order valence-electron chi connectivity index (χ0n) is 15.8. The largest absolute Gasteiger partial charge is 0.484 e. The molecule has 2 aromatic rings. The van der Waals surface area contributed by atoms with E-state index in [4.69, 9.17) is 4.74 Å². The molecule has 1 saturated heterocycles. The highest BCUT2D eigenvalue weighted by Gasteiger charge is 2.28. The van der Waals surface area contributed by atoms with Crippen molar-refractivity contribution in [3.8, 4) is 5.75 Å². The van der Waals surface area contributed by atoms with Gasteiger partial charge < -0.3 is 19.1 Å². The Morgan fingerprint density at radius 1 is 1.27 bits per heavy atom. The first-order valence-electron chi connectivity index (χ1n) is 9.03. The number of benzene rings is 1. The first-order valence-corrected chi connectivity index (χ1v) is 9.03. The number of carbonyl (C=O) groups is 1. The Hall–Kier alpha value is -2.41. The molecule has 26 heavy (non-hydrogen) atoms. The maximum absolute atomic E-state index is 12.5. The second kappa shape index (κ2) is 8.31. The molecule has 2 heterocycles. The van der Waals surface area contributed by atoms with Gasteiger partial charge in [0.2, 0.25) is 0 Å². The number of rotatable bonds is 6. The van der Waals surface area contributed by atoms with Crippen molar-refractivity contribution >= 4 is 5.91 Å². The van der Waals surface area contributed by atoms with Gasteiger partial charge in [-0.3, -0.25) is 4.79 Å². The van der Waals surface area contributed by atoms with E-state index in [1.165, 1.54) is 0 Å². The quantitative estimate of drug-likeness (QED) is 0.787. The van der Waals surface area contributed by atoms with Gasteiger partial charge in [0.15, 0.2) is 6.61 Å². The van der Waals surface area contributed by atoms with Crippen LogP contribution in [0.25, 0.3) is 0 Å². The van der Waals surface area contributed by atoms with Crippen molar-refractivity contribution < 1.29 is 9.53 Å². The van der Waals surface area contributed by atoms with Crippen LogP contribution in [0.4, 0.5) is 0 Å². The fourth-order valence-electron chi connectivity index (χ4n) is 3.32. The first-order chi connectivity index (χ1) is 12.5. The Bertz CT molecular complexity index is 729. The Labute approximate surface area is 154 Å². The minimum Gasteiger partial charge on any atom is -0.484 e. The van der Waals surface area contributed by atoms with Gasteiger partial charge in [0.25, 0.3) is 5.91 Å². The molecule has 1 aliphatic rings. The molecule has 7 heteroatoms. The zero-order valence-corrected chi connectivity index (χ0v) is 15.8. The molecular weight excluding hydrogens is 330 g/mol. The van der Waals surface area contributed by atoms with Crippen LogP contribution in [0.2, 0.25) is 0 Å². The summed E-state index contributed by atoms with van der Waals surface area (Å²) in [6.45, 7) is 2.27. The molecule has 1 amide bonds. The molecule has 0 radical (unpaired) electrons. The Kier molecular flexibility index (Phi) is 5.88. The third kappa shape index (κ3) is 4.40. The molecule has 1 aliphatic heterocycles. The maximum atomic E-state index is 12.5. The molecule has 7 nitrogen and oxygen atoms in total. The van der Waals surface area contributed by atoms with Crippen molar-refractivity contribution in [1.82, 2.24) is 24.6 Å². The summed E-state index contributed by atoms with van der Waals surface area (Å²) >= 11 is 0. The summed E-state index contributed by atoms with van der Waals surface area (Å²) in [7, 11) is 6.04. The van der Waals surface area contributed by atoms with E-state index in [-0.39, 0.29) is 18.4 Å². The van der Waals surface area contributed by atoms with Crippen LogP contribution in [0.15, 0.2) is 30.3 Å². The predicted molar refractivity (Wildman–Crippen MR) is 98.9 cm³/mol. The number of aromatic nitrogens is 3. The van der Waals surface area contributed by atoms with Crippen LogP contribution < -0.4 is 4.74 Å². The molecular formula is C19H27N5O2. The van der Waals surface area contributed by atoms with Crippen molar-refractivity contribution in [2.75, 3.05) is 33.8 Å². The maximum Gasteiger partial charge on any atom is 0.260 e. The van der Waals surface area contributed by atoms with E-state index in [1.54, 1.807) is 0 Å². The lowest BCUT2D eigenvalue weighted by Gasteiger charge is -2.32. The van der Waals surface area contributed by atoms with E-state index in [0.29, 0.717) is 6.54 Å². The molecule has 0 spiro atoms. The van der Waals surface area contributed by atoms with E-state index in [9.17, 15) is 4.79 Å². The van der Waals surface area contributed by atoms with Gasteiger partial charge >= 0.3 is 0 Å². The Balaban J connectivity index is 1.60. The summed E-state index contributed by atoms with van der Waals surface area (Å²) in [6.07, 6.45) is 1.99. The van der Waals surface area contributed by atoms with E-state index < -0.39 is 0 Å².